The minimum Gasteiger partial charge on any atom is -0.481 e. The molecule has 0 bridgehead atoms. The molecule has 0 saturated carbocycles. The first kappa shape index (κ1) is 13.3. The number of likely N-dealkylation sites (tertiary alicyclic amines) is 1. The van der Waals surface area contributed by atoms with E-state index in [4.69, 9.17) is 5.11 Å². The van der Waals surface area contributed by atoms with Crippen molar-refractivity contribution in [2.75, 3.05) is 6.54 Å². The molecule has 1 fully saturated rings. The summed E-state index contributed by atoms with van der Waals surface area (Å²) in [4.78, 5) is 35.9. The molecular formula is C14H15NO4. The molecule has 1 aliphatic rings. The molecule has 2 amide bonds. The molecule has 1 saturated heterocycles. The molecule has 0 spiro atoms. The molecule has 100 valence electrons. The number of benzene rings is 1. The molecule has 19 heavy (non-hydrogen) atoms. The second-order valence-electron chi connectivity index (χ2n) is 4.75. The van der Waals surface area contributed by atoms with E-state index in [0.29, 0.717) is 0 Å². The summed E-state index contributed by atoms with van der Waals surface area (Å²) in [6, 6.07) is 9.08. The Labute approximate surface area is 110 Å². The summed E-state index contributed by atoms with van der Waals surface area (Å²) in [6.45, 7) is 1.43. The Bertz CT molecular complexity index is 511. The van der Waals surface area contributed by atoms with Gasteiger partial charge >= 0.3 is 5.97 Å². The van der Waals surface area contributed by atoms with Gasteiger partial charge in [0.05, 0.1) is 11.8 Å². The van der Waals surface area contributed by atoms with Crippen LogP contribution in [0.2, 0.25) is 0 Å². The summed E-state index contributed by atoms with van der Waals surface area (Å²) in [7, 11) is 0. The Hall–Kier alpha value is -2.17. The molecule has 2 rings (SSSR count). The van der Waals surface area contributed by atoms with Gasteiger partial charge in [-0.25, -0.2) is 0 Å². The molecule has 0 aromatic heterocycles. The fraction of sp³-hybridized carbons (Fsp3) is 0.357. The molecule has 2 atom stereocenters. The highest BCUT2D eigenvalue weighted by atomic mass is 16.4. The predicted octanol–water partition coefficient (Wildman–Crippen LogP) is 1.25. The fourth-order valence-electron chi connectivity index (χ4n) is 2.17. The molecule has 1 aromatic rings. The number of carbonyl (C=O) groups is 3. The predicted molar refractivity (Wildman–Crippen MR) is 67.3 cm³/mol. The lowest BCUT2D eigenvalue weighted by atomic mass is 9.98. The van der Waals surface area contributed by atoms with Gasteiger partial charge in [0.15, 0.2) is 0 Å². The van der Waals surface area contributed by atoms with E-state index in [9.17, 15) is 14.4 Å². The largest absolute Gasteiger partial charge is 0.481 e. The van der Waals surface area contributed by atoms with Crippen molar-refractivity contribution in [3.63, 3.8) is 0 Å². The van der Waals surface area contributed by atoms with Crippen molar-refractivity contribution in [1.29, 1.82) is 0 Å². The van der Waals surface area contributed by atoms with E-state index in [1.807, 2.05) is 18.2 Å². The monoisotopic (exact) mass is 261 g/mol. The van der Waals surface area contributed by atoms with Gasteiger partial charge in [0.25, 0.3) is 0 Å². The third kappa shape index (κ3) is 2.65. The first-order valence-corrected chi connectivity index (χ1v) is 6.12. The molecule has 5 nitrogen and oxygen atoms in total. The third-order valence-electron chi connectivity index (χ3n) is 3.32. The third-order valence-corrected chi connectivity index (χ3v) is 3.32. The van der Waals surface area contributed by atoms with Crippen molar-refractivity contribution in [2.24, 2.45) is 5.92 Å². The van der Waals surface area contributed by atoms with Gasteiger partial charge < -0.3 is 5.11 Å². The number of imide groups is 1. The van der Waals surface area contributed by atoms with Crippen molar-refractivity contribution < 1.29 is 19.5 Å². The van der Waals surface area contributed by atoms with Gasteiger partial charge in [0.2, 0.25) is 11.8 Å². The van der Waals surface area contributed by atoms with Crippen LogP contribution in [-0.2, 0) is 14.4 Å². The minimum absolute atomic E-state index is 0.0592. The summed E-state index contributed by atoms with van der Waals surface area (Å²) >= 11 is 0. The van der Waals surface area contributed by atoms with Crippen LogP contribution in [0.1, 0.15) is 24.8 Å². The van der Waals surface area contributed by atoms with E-state index in [1.54, 1.807) is 12.1 Å². The van der Waals surface area contributed by atoms with E-state index in [2.05, 4.69) is 0 Å². The van der Waals surface area contributed by atoms with E-state index in [0.717, 1.165) is 10.5 Å². The quantitative estimate of drug-likeness (QED) is 0.828. The van der Waals surface area contributed by atoms with Gasteiger partial charge in [-0.15, -0.1) is 0 Å². The van der Waals surface area contributed by atoms with Crippen LogP contribution in [0.25, 0.3) is 0 Å². The van der Waals surface area contributed by atoms with E-state index in [-0.39, 0.29) is 24.8 Å². The Morgan fingerprint density at radius 3 is 2.58 bits per heavy atom. The highest BCUT2D eigenvalue weighted by Crippen LogP contribution is 2.29. The highest BCUT2D eigenvalue weighted by Gasteiger charge is 2.40. The highest BCUT2D eigenvalue weighted by molar-refractivity contribution is 6.06. The summed E-state index contributed by atoms with van der Waals surface area (Å²) in [5, 5.41) is 8.85. The number of hydrogen-bond acceptors (Lipinski definition) is 3. The minimum atomic E-state index is -1.01. The van der Waals surface area contributed by atoms with Crippen LogP contribution in [0.15, 0.2) is 30.3 Å². The Balaban J connectivity index is 2.15. The number of nitrogens with zero attached hydrogens (tertiary/aromatic N) is 1. The zero-order valence-electron chi connectivity index (χ0n) is 10.6. The van der Waals surface area contributed by atoms with Crippen molar-refractivity contribution >= 4 is 17.8 Å². The molecule has 1 aliphatic heterocycles. The average molecular weight is 261 g/mol. The number of aliphatic carboxylic acids is 1. The van der Waals surface area contributed by atoms with Crippen molar-refractivity contribution in [1.82, 2.24) is 4.90 Å². The molecule has 5 heteroatoms. The van der Waals surface area contributed by atoms with Crippen molar-refractivity contribution in [3.8, 4) is 0 Å². The van der Waals surface area contributed by atoms with Crippen LogP contribution in [0.4, 0.5) is 0 Å². The average Bonchev–Trinajstić information content (AvgIpc) is 2.67. The zero-order chi connectivity index (χ0) is 14.0. The molecule has 0 aliphatic carbocycles. The second kappa shape index (κ2) is 5.22. The van der Waals surface area contributed by atoms with E-state index >= 15 is 0 Å². The normalized spacial score (nSPS) is 20.7. The summed E-state index contributed by atoms with van der Waals surface area (Å²) in [5.74, 6) is -2.84. The van der Waals surface area contributed by atoms with Crippen molar-refractivity contribution in [3.05, 3.63) is 35.9 Å². The van der Waals surface area contributed by atoms with Crippen LogP contribution in [0, 0.1) is 5.92 Å². The van der Waals surface area contributed by atoms with Crippen molar-refractivity contribution in [2.45, 2.75) is 19.3 Å². The van der Waals surface area contributed by atoms with E-state index < -0.39 is 17.8 Å². The first-order valence-electron chi connectivity index (χ1n) is 6.12. The number of amides is 2. The molecule has 1 heterocycles. The van der Waals surface area contributed by atoms with Gasteiger partial charge in [0.1, 0.15) is 0 Å². The molecular weight excluding hydrogens is 246 g/mol. The lowest BCUT2D eigenvalue weighted by molar-refractivity contribution is -0.144. The fourth-order valence-corrected chi connectivity index (χ4v) is 2.17. The van der Waals surface area contributed by atoms with Crippen LogP contribution < -0.4 is 0 Å². The van der Waals surface area contributed by atoms with Crippen LogP contribution in [-0.4, -0.2) is 34.3 Å². The van der Waals surface area contributed by atoms with Gasteiger partial charge in [0, 0.05) is 13.0 Å². The second-order valence-corrected chi connectivity index (χ2v) is 4.75. The standard InChI is InChI=1S/C14H15NO4/c1-9(14(18)19)8-15-12(16)7-11(13(15)17)10-5-3-2-4-6-10/h2-6,9,11H,7-8H2,1H3,(H,18,19). The molecule has 1 aromatic carbocycles. The summed E-state index contributed by atoms with van der Waals surface area (Å²) in [6.07, 6.45) is 0.120. The van der Waals surface area contributed by atoms with Gasteiger partial charge in [-0.2, -0.15) is 0 Å². The SMILES string of the molecule is CC(CN1C(=O)CC(c2ccccc2)C1=O)C(=O)O. The summed E-state index contributed by atoms with van der Waals surface area (Å²) < 4.78 is 0. The smallest absolute Gasteiger partial charge is 0.308 e. The number of hydrogen-bond donors (Lipinski definition) is 1. The number of carboxylic acid groups (broad SMARTS) is 1. The molecule has 1 N–H and O–H groups in total. The zero-order valence-corrected chi connectivity index (χ0v) is 10.6. The van der Waals surface area contributed by atoms with Gasteiger partial charge in [-0.1, -0.05) is 37.3 Å². The topological polar surface area (TPSA) is 74.7 Å². The molecule has 2 unspecified atom stereocenters. The maximum atomic E-state index is 12.2. The lowest BCUT2D eigenvalue weighted by Gasteiger charge is -2.17. The summed E-state index contributed by atoms with van der Waals surface area (Å²) in [5.41, 5.74) is 0.798. The number of carbonyl (C=O) groups excluding carboxylic acids is 2. The number of carboxylic acids is 1. The van der Waals surface area contributed by atoms with Crippen LogP contribution in [0.3, 0.4) is 0 Å². The van der Waals surface area contributed by atoms with Gasteiger partial charge in [-0.05, 0) is 5.56 Å². The maximum Gasteiger partial charge on any atom is 0.308 e. The van der Waals surface area contributed by atoms with Crippen LogP contribution in [0.5, 0.6) is 0 Å². The van der Waals surface area contributed by atoms with E-state index in [1.165, 1.54) is 6.92 Å². The Morgan fingerprint density at radius 1 is 1.37 bits per heavy atom. The van der Waals surface area contributed by atoms with Gasteiger partial charge in [-0.3, -0.25) is 19.3 Å². The lowest BCUT2D eigenvalue weighted by Crippen LogP contribution is -2.36. The van der Waals surface area contributed by atoms with Crippen LogP contribution >= 0.6 is 0 Å². The number of rotatable bonds is 4. The Morgan fingerprint density at radius 2 is 2.00 bits per heavy atom. The molecule has 0 radical (unpaired) electrons. The Kier molecular flexibility index (Phi) is 3.64. The maximum absolute atomic E-state index is 12.2. The first-order chi connectivity index (χ1) is 9.00.